The number of sulfonamides is 1. The Morgan fingerprint density at radius 1 is 1.35 bits per heavy atom. The molecule has 1 aromatic heterocycles. The molecule has 2 aromatic rings. The fourth-order valence-corrected chi connectivity index (χ4v) is 5.51. The predicted octanol–water partition coefficient (Wildman–Crippen LogP) is 3.26. The Labute approximate surface area is 203 Å². The van der Waals surface area contributed by atoms with E-state index in [2.05, 4.69) is 25.3 Å². The normalized spacial score (nSPS) is 18.3. The molecule has 2 aliphatic rings. The Balaban J connectivity index is 1.50. The second-order valence-electron chi connectivity index (χ2n) is 8.12. The Bertz CT molecular complexity index is 1260. The second-order valence-corrected chi connectivity index (χ2v) is 10.5. The molecule has 2 heterocycles. The molecule has 4 rings (SSSR count). The van der Waals surface area contributed by atoms with E-state index in [-0.39, 0.29) is 18.4 Å². The average Bonchev–Trinajstić information content (AvgIpc) is 2.93. The number of hydrogen-bond donors (Lipinski definition) is 3. The van der Waals surface area contributed by atoms with Crippen LogP contribution in [0, 0.1) is 0 Å². The number of amides is 1. The Morgan fingerprint density at radius 2 is 2.18 bits per heavy atom. The van der Waals surface area contributed by atoms with Crippen molar-refractivity contribution in [1.82, 2.24) is 14.7 Å². The summed E-state index contributed by atoms with van der Waals surface area (Å²) < 4.78 is 33.2. The predicted molar refractivity (Wildman–Crippen MR) is 132 cm³/mol. The van der Waals surface area contributed by atoms with E-state index in [1.54, 1.807) is 43.7 Å². The Morgan fingerprint density at radius 3 is 2.88 bits per heavy atom. The van der Waals surface area contributed by atoms with Crippen LogP contribution in [0.3, 0.4) is 0 Å². The van der Waals surface area contributed by atoms with Crippen LogP contribution in [0.2, 0.25) is 5.02 Å². The van der Waals surface area contributed by atoms with Crippen molar-refractivity contribution in [3.63, 3.8) is 0 Å². The minimum Gasteiger partial charge on any atom is -0.383 e. The molecule has 0 spiro atoms. The highest BCUT2D eigenvalue weighted by Gasteiger charge is 2.27. The molecule has 9 nitrogen and oxygen atoms in total. The van der Waals surface area contributed by atoms with Gasteiger partial charge in [0.1, 0.15) is 0 Å². The van der Waals surface area contributed by atoms with E-state index in [4.69, 9.17) is 16.3 Å². The van der Waals surface area contributed by atoms with E-state index in [1.165, 1.54) is 0 Å². The van der Waals surface area contributed by atoms with Crippen LogP contribution in [-0.4, -0.2) is 49.3 Å². The van der Waals surface area contributed by atoms with Crippen LogP contribution in [0.25, 0.3) is 11.3 Å². The lowest BCUT2D eigenvalue weighted by Gasteiger charge is -2.22. The molecular formula is C23H26ClN5O4S. The number of nitrogens with zero attached hydrogens (tertiary/aromatic N) is 2. The van der Waals surface area contributed by atoms with Gasteiger partial charge >= 0.3 is 0 Å². The molecule has 0 fully saturated rings. The number of aromatic nitrogens is 2. The molecular weight excluding hydrogens is 478 g/mol. The zero-order chi connectivity index (χ0) is 24.3. The molecule has 1 aliphatic carbocycles. The standard InChI is InChI=1S/C23H26ClN5O4S/c1-3-16(13-33-2)29-34(31,32)18-7-5-17(6-8-18)26-23-25-12-14-10-21(30)27-20-11-15(24)4-9-19(20)22(14)28-23/h4-7,9,11-12,16,18,29H,3,8,10,13H2,1-2H3,(H,27,30)(H,25,26,28). The highest BCUT2D eigenvalue weighted by atomic mass is 35.5. The van der Waals surface area contributed by atoms with Crippen LogP contribution in [0.4, 0.5) is 11.6 Å². The van der Waals surface area contributed by atoms with Crippen molar-refractivity contribution in [2.75, 3.05) is 24.4 Å². The number of rotatable bonds is 8. The van der Waals surface area contributed by atoms with E-state index in [0.717, 1.165) is 5.56 Å². The van der Waals surface area contributed by atoms with Gasteiger partial charge in [-0.15, -0.1) is 0 Å². The summed E-state index contributed by atoms with van der Waals surface area (Å²) in [6, 6.07) is 4.98. The lowest BCUT2D eigenvalue weighted by atomic mass is 10.1. The van der Waals surface area contributed by atoms with Crippen LogP contribution >= 0.6 is 11.6 Å². The van der Waals surface area contributed by atoms with Crippen molar-refractivity contribution < 1.29 is 17.9 Å². The number of hydrogen-bond acceptors (Lipinski definition) is 7. The van der Waals surface area contributed by atoms with E-state index in [1.807, 2.05) is 13.0 Å². The molecule has 3 N–H and O–H groups in total. The lowest BCUT2D eigenvalue weighted by molar-refractivity contribution is -0.115. The summed E-state index contributed by atoms with van der Waals surface area (Å²) in [6.07, 6.45) is 7.87. The first-order valence-corrected chi connectivity index (χ1v) is 12.8. The zero-order valence-electron chi connectivity index (χ0n) is 18.8. The molecule has 0 saturated heterocycles. The molecule has 1 amide bonds. The van der Waals surface area contributed by atoms with Crippen molar-refractivity contribution >= 4 is 39.2 Å². The third-order valence-corrected chi connectivity index (χ3v) is 7.68. The Kier molecular flexibility index (Phi) is 7.32. The monoisotopic (exact) mass is 503 g/mol. The minimum atomic E-state index is -3.54. The van der Waals surface area contributed by atoms with Crippen LogP contribution < -0.4 is 15.4 Å². The van der Waals surface area contributed by atoms with Crippen molar-refractivity contribution in [2.24, 2.45) is 0 Å². The van der Waals surface area contributed by atoms with Gasteiger partial charge in [-0.2, -0.15) is 0 Å². The van der Waals surface area contributed by atoms with Gasteiger partial charge in [0.15, 0.2) is 0 Å². The smallest absolute Gasteiger partial charge is 0.228 e. The molecule has 2 unspecified atom stereocenters. The van der Waals surface area contributed by atoms with Gasteiger partial charge in [-0.05, 0) is 37.1 Å². The minimum absolute atomic E-state index is 0.152. The van der Waals surface area contributed by atoms with Crippen LogP contribution in [-0.2, 0) is 26.0 Å². The summed E-state index contributed by atoms with van der Waals surface area (Å²) in [4.78, 5) is 21.2. The third-order valence-electron chi connectivity index (χ3n) is 5.63. The summed E-state index contributed by atoms with van der Waals surface area (Å²) >= 11 is 6.10. The molecule has 180 valence electrons. The van der Waals surface area contributed by atoms with Gasteiger partial charge in [0.05, 0.1) is 29.7 Å². The molecule has 34 heavy (non-hydrogen) atoms. The number of carbonyl (C=O) groups excluding carboxylic acids is 1. The van der Waals surface area contributed by atoms with Crippen LogP contribution in [0.1, 0.15) is 25.3 Å². The maximum absolute atomic E-state index is 12.7. The number of ether oxygens (including phenoxy) is 1. The topological polar surface area (TPSA) is 122 Å². The van der Waals surface area contributed by atoms with Gasteiger partial charge in [0, 0.05) is 41.2 Å². The van der Waals surface area contributed by atoms with Gasteiger partial charge in [-0.25, -0.2) is 23.1 Å². The van der Waals surface area contributed by atoms with Gasteiger partial charge in [-0.3, -0.25) is 4.79 Å². The molecule has 2 atom stereocenters. The number of benzene rings is 1. The van der Waals surface area contributed by atoms with E-state index in [9.17, 15) is 13.2 Å². The largest absolute Gasteiger partial charge is 0.383 e. The highest BCUT2D eigenvalue weighted by Crippen LogP contribution is 2.34. The highest BCUT2D eigenvalue weighted by molar-refractivity contribution is 7.90. The fourth-order valence-electron chi connectivity index (χ4n) is 3.83. The van der Waals surface area contributed by atoms with Crippen LogP contribution in [0.15, 0.2) is 48.3 Å². The number of fused-ring (bicyclic) bond motifs is 3. The molecule has 1 aliphatic heterocycles. The first kappa shape index (κ1) is 24.3. The maximum atomic E-state index is 12.7. The number of allylic oxidation sites excluding steroid dienone is 2. The fraction of sp³-hybridized carbons (Fsp3) is 0.348. The van der Waals surface area contributed by atoms with Crippen LogP contribution in [0.5, 0.6) is 0 Å². The summed E-state index contributed by atoms with van der Waals surface area (Å²) in [6.45, 7) is 2.23. The number of carbonyl (C=O) groups is 1. The first-order chi connectivity index (χ1) is 16.3. The SMILES string of the molecule is CCC(COC)NS(=O)(=O)C1C=CC(Nc2ncc3c(n2)-c2ccc(Cl)cc2NC(=O)C3)=CC1. The maximum Gasteiger partial charge on any atom is 0.228 e. The van der Waals surface area contributed by atoms with Crippen molar-refractivity contribution in [1.29, 1.82) is 0 Å². The van der Waals surface area contributed by atoms with Gasteiger partial charge in [-0.1, -0.05) is 30.7 Å². The Hall–Kier alpha value is -2.79. The van der Waals surface area contributed by atoms with Gasteiger partial charge in [0.2, 0.25) is 21.9 Å². The van der Waals surface area contributed by atoms with Crippen molar-refractivity contribution in [3.05, 3.63) is 58.9 Å². The molecule has 0 radical (unpaired) electrons. The first-order valence-electron chi connectivity index (χ1n) is 10.9. The zero-order valence-corrected chi connectivity index (χ0v) is 20.4. The number of nitrogens with one attached hydrogen (secondary N) is 3. The quantitative estimate of drug-likeness (QED) is 0.505. The third kappa shape index (κ3) is 5.47. The molecule has 0 saturated carbocycles. The van der Waals surface area contributed by atoms with Gasteiger partial charge < -0.3 is 15.4 Å². The van der Waals surface area contributed by atoms with E-state index >= 15 is 0 Å². The van der Waals surface area contributed by atoms with E-state index < -0.39 is 15.3 Å². The summed E-state index contributed by atoms with van der Waals surface area (Å²) in [5, 5.41) is 5.82. The van der Waals surface area contributed by atoms with Crippen molar-refractivity contribution in [3.8, 4) is 11.3 Å². The number of halogens is 1. The summed E-state index contributed by atoms with van der Waals surface area (Å²) in [5.74, 6) is 0.177. The number of anilines is 2. The molecule has 11 heteroatoms. The lowest BCUT2D eigenvalue weighted by Crippen LogP contribution is -2.42. The van der Waals surface area contributed by atoms with E-state index in [0.29, 0.717) is 53.1 Å². The summed E-state index contributed by atoms with van der Waals surface area (Å²) in [5.41, 5.74) is 3.38. The molecule has 0 bridgehead atoms. The van der Waals surface area contributed by atoms with Crippen molar-refractivity contribution in [2.45, 2.75) is 37.5 Å². The molecule has 1 aromatic carbocycles. The number of methoxy groups -OCH3 is 1. The second kappa shape index (κ2) is 10.2. The average molecular weight is 504 g/mol. The van der Waals surface area contributed by atoms with Gasteiger partial charge in [0.25, 0.3) is 0 Å². The summed E-state index contributed by atoms with van der Waals surface area (Å²) in [7, 11) is -2.00.